The minimum atomic E-state index is -0.198. The van der Waals surface area contributed by atoms with Gasteiger partial charge in [-0.05, 0) is 48.9 Å². The first-order valence-electron chi connectivity index (χ1n) is 8.62. The Morgan fingerprint density at radius 2 is 2.18 bits per heavy atom. The monoisotopic (exact) mass is 410 g/mol. The second-order valence-electron chi connectivity index (χ2n) is 6.41. The van der Waals surface area contributed by atoms with Crippen LogP contribution in [0.5, 0.6) is 0 Å². The molecule has 0 spiro atoms. The minimum Gasteiger partial charge on any atom is -0.300 e. The molecule has 2 N–H and O–H groups in total. The Bertz CT molecular complexity index is 1140. The third-order valence-corrected chi connectivity index (χ3v) is 6.23. The van der Waals surface area contributed by atoms with Gasteiger partial charge in [-0.1, -0.05) is 11.3 Å². The maximum absolute atomic E-state index is 12.3. The lowest BCUT2D eigenvalue weighted by Gasteiger charge is -2.11. The van der Waals surface area contributed by atoms with Crippen LogP contribution in [-0.4, -0.2) is 38.7 Å². The van der Waals surface area contributed by atoms with Crippen LogP contribution in [0.4, 0.5) is 10.8 Å². The van der Waals surface area contributed by atoms with Gasteiger partial charge in [-0.3, -0.25) is 19.6 Å². The minimum absolute atomic E-state index is 0.198. The second-order valence-corrected chi connectivity index (χ2v) is 8.48. The molecular weight excluding hydrogens is 396 g/mol. The largest absolute Gasteiger partial charge is 0.300 e. The van der Waals surface area contributed by atoms with E-state index in [1.807, 2.05) is 18.2 Å². The summed E-state index contributed by atoms with van der Waals surface area (Å²) >= 11 is 2.67. The SMILES string of the molecule is O=CN(c1ncc(/C=C2\SC(=Nc3ccc4cn[nH]c4c3)NC2=O)s1)C1CC1. The molecule has 1 saturated carbocycles. The van der Waals surface area contributed by atoms with Gasteiger partial charge in [0, 0.05) is 17.6 Å². The molecule has 2 fully saturated rings. The molecule has 0 unspecified atom stereocenters. The molecule has 5 rings (SSSR count). The van der Waals surface area contributed by atoms with E-state index in [2.05, 4.69) is 25.5 Å². The summed E-state index contributed by atoms with van der Waals surface area (Å²) in [5.74, 6) is -0.198. The van der Waals surface area contributed by atoms with E-state index in [1.54, 1.807) is 23.4 Å². The molecule has 28 heavy (non-hydrogen) atoms. The molecule has 1 aromatic carbocycles. The van der Waals surface area contributed by atoms with Crippen molar-refractivity contribution in [1.29, 1.82) is 0 Å². The standard InChI is InChI=1S/C18H14N6O2S2/c25-9-24(12-3-4-12)18-19-8-13(27-18)6-15-16(26)22-17(28-15)21-11-2-1-10-7-20-23-14(10)5-11/h1-2,5-9,12H,3-4H2,(H,20,23)(H,21,22,26)/b15-6-. The van der Waals surface area contributed by atoms with Crippen LogP contribution in [0.15, 0.2) is 40.5 Å². The smallest absolute Gasteiger partial charge is 0.264 e. The average molecular weight is 410 g/mol. The van der Waals surface area contributed by atoms with E-state index >= 15 is 0 Å². The van der Waals surface area contributed by atoms with Crippen LogP contribution >= 0.6 is 23.1 Å². The number of carbonyl (C=O) groups is 2. The van der Waals surface area contributed by atoms with Crippen LogP contribution in [0, 0.1) is 0 Å². The van der Waals surface area contributed by atoms with Crippen LogP contribution in [-0.2, 0) is 9.59 Å². The van der Waals surface area contributed by atoms with Gasteiger partial charge in [0.2, 0.25) is 6.41 Å². The Hall–Kier alpha value is -2.98. The first-order chi connectivity index (χ1) is 13.7. The molecular formula is C18H14N6O2S2. The normalized spacial score (nSPS) is 19.5. The number of thiazole rings is 1. The number of hydrogen-bond acceptors (Lipinski definition) is 7. The Morgan fingerprint density at radius 1 is 1.29 bits per heavy atom. The number of benzene rings is 1. The summed E-state index contributed by atoms with van der Waals surface area (Å²) in [5.41, 5.74) is 1.62. The first kappa shape index (κ1) is 17.1. The molecule has 2 aromatic heterocycles. The van der Waals surface area contributed by atoms with E-state index in [1.165, 1.54) is 23.1 Å². The number of rotatable bonds is 5. The molecule has 2 amide bonds. The quantitative estimate of drug-likeness (QED) is 0.497. The topological polar surface area (TPSA) is 103 Å². The van der Waals surface area contributed by atoms with Crippen molar-refractivity contribution in [3.63, 3.8) is 0 Å². The number of hydrogen-bond donors (Lipinski definition) is 2. The number of aliphatic imine (C=N–C) groups is 1. The van der Waals surface area contributed by atoms with E-state index in [-0.39, 0.29) is 11.9 Å². The van der Waals surface area contributed by atoms with Crippen LogP contribution in [0.25, 0.3) is 17.0 Å². The summed E-state index contributed by atoms with van der Waals surface area (Å²) in [6, 6.07) is 5.94. The van der Waals surface area contributed by atoms with E-state index in [0.29, 0.717) is 15.2 Å². The summed E-state index contributed by atoms with van der Waals surface area (Å²) in [5, 5.41) is 11.9. The van der Waals surface area contributed by atoms with E-state index in [4.69, 9.17) is 0 Å². The van der Waals surface area contributed by atoms with Gasteiger partial charge in [0.1, 0.15) is 0 Å². The lowest BCUT2D eigenvalue weighted by Crippen LogP contribution is -2.22. The molecule has 0 radical (unpaired) electrons. The fraction of sp³-hybridized carbons (Fsp3) is 0.167. The summed E-state index contributed by atoms with van der Waals surface area (Å²) in [6.07, 6.45) is 8.05. The lowest BCUT2D eigenvalue weighted by atomic mass is 10.2. The van der Waals surface area contributed by atoms with Gasteiger partial charge >= 0.3 is 0 Å². The highest BCUT2D eigenvalue weighted by Gasteiger charge is 2.31. The summed E-state index contributed by atoms with van der Waals surface area (Å²) in [7, 11) is 0. The number of anilines is 1. The third kappa shape index (κ3) is 3.32. The Balaban J connectivity index is 1.36. The fourth-order valence-corrected chi connectivity index (χ4v) is 4.63. The Morgan fingerprint density at radius 3 is 3.00 bits per heavy atom. The fourth-order valence-electron chi connectivity index (χ4n) is 2.82. The van der Waals surface area contributed by atoms with Gasteiger partial charge in [0.15, 0.2) is 10.3 Å². The number of carbonyl (C=O) groups excluding carboxylic acids is 2. The van der Waals surface area contributed by atoms with E-state index < -0.39 is 0 Å². The van der Waals surface area contributed by atoms with Gasteiger partial charge in [-0.25, -0.2) is 9.98 Å². The third-order valence-electron chi connectivity index (χ3n) is 4.37. The highest BCUT2D eigenvalue weighted by atomic mass is 32.2. The highest BCUT2D eigenvalue weighted by molar-refractivity contribution is 8.18. The van der Waals surface area contributed by atoms with Gasteiger partial charge in [-0.15, -0.1) is 0 Å². The van der Waals surface area contributed by atoms with Gasteiger partial charge in [0.25, 0.3) is 5.91 Å². The van der Waals surface area contributed by atoms with E-state index in [9.17, 15) is 9.59 Å². The molecule has 140 valence electrons. The van der Waals surface area contributed by atoms with Crippen molar-refractivity contribution in [1.82, 2.24) is 20.5 Å². The Labute approximate surface area is 167 Å². The molecule has 1 aliphatic heterocycles. The average Bonchev–Trinajstić information content (AvgIpc) is 3.08. The van der Waals surface area contributed by atoms with Crippen molar-refractivity contribution in [3.8, 4) is 0 Å². The first-order valence-corrected chi connectivity index (χ1v) is 10.2. The zero-order chi connectivity index (χ0) is 19.1. The molecule has 2 aliphatic rings. The molecule has 3 heterocycles. The van der Waals surface area contributed by atoms with Crippen molar-refractivity contribution in [2.75, 3.05) is 4.90 Å². The Kier molecular flexibility index (Phi) is 4.21. The number of amidine groups is 1. The molecule has 10 heteroatoms. The highest BCUT2D eigenvalue weighted by Crippen LogP contribution is 2.35. The maximum Gasteiger partial charge on any atom is 0.264 e. The zero-order valence-corrected chi connectivity index (χ0v) is 16.1. The predicted molar refractivity (Wildman–Crippen MR) is 111 cm³/mol. The summed E-state index contributed by atoms with van der Waals surface area (Å²) in [6.45, 7) is 0. The molecule has 1 saturated heterocycles. The van der Waals surface area contributed by atoms with Crippen LogP contribution in [0.2, 0.25) is 0 Å². The second kappa shape index (κ2) is 6.88. The predicted octanol–water partition coefficient (Wildman–Crippen LogP) is 3.04. The number of fused-ring (bicyclic) bond motifs is 1. The molecule has 0 bridgehead atoms. The van der Waals surface area contributed by atoms with Crippen LogP contribution in [0.1, 0.15) is 17.7 Å². The zero-order valence-electron chi connectivity index (χ0n) is 14.5. The summed E-state index contributed by atoms with van der Waals surface area (Å²) in [4.78, 5) is 35.4. The van der Waals surface area contributed by atoms with Gasteiger partial charge < -0.3 is 5.32 Å². The number of nitrogens with one attached hydrogen (secondary N) is 2. The number of thioether (sulfide) groups is 1. The molecule has 0 atom stereocenters. The number of H-pyrrole nitrogens is 1. The van der Waals surface area contributed by atoms with Crippen molar-refractivity contribution in [3.05, 3.63) is 40.4 Å². The molecule has 8 nitrogen and oxygen atoms in total. The number of amides is 2. The lowest BCUT2D eigenvalue weighted by molar-refractivity contribution is -0.115. The van der Waals surface area contributed by atoms with Crippen LogP contribution < -0.4 is 10.2 Å². The van der Waals surface area contributed by atoms with Crippen molar-refractivity contribution >= 4 is 68.4 Å². The van der Waals surface area contributed by atoms with Crippen molar-refractivity contribution < 1.29 is 9.59 Å². The van der Waals surface area contributed by atoms with Crippen molar-refractivity contribution in [2.24, 2.45) is 4.99 Å². The van der Waals surface area contributed by atoms with Crippen LogP contribution in [0.3, 0.4) is 0 Å². The number of nitrogens with zero attached hydrogens (tertiary/aromatic N) is 4. The number of aromatic nitrogens is 3. The van der Waals surface area contributed by atoms with Gasteiger partial charge in [0.05, 0.1) is 27.2 Å². The van der Waals surface area contributed by atoms with E-state index in [0.717, 1.165) is 40.7 Å². The number of aromatic amines is 1. The van der Waals surface area contributed by atoms with Crippen molar-refractivity contribution in [2.45, 2.75) is 18.9 Å². The van der Waals surface area contributed by atoms with Gasteiger partial charge in [-0.2, -0.15) is 5.10 Å². The molecule has 3 aromatic rings. The maximum atomic E-state index is 12.3. The molecule has 1 aliphatic carbocycles. The summed E-state index contributed by atoms with van der Waals surface area (Å²) < 4.78 is 0.